The van der Waals surface area contributed by atoms with Crippen molar-refractivity contribution in [2.45, 2.75) is 26.4 Å². The lowest BCUT2D eigenvalue weighted by atomic mass is 10.3. The van der Waals surface area contributed by atoms with E-state index >= 15 is 0 Å². The molecular formula is C16H22N4O. The van der Waals surface area contributed by atoms with Crippen molar-refractivity contribution in [1.29, 1.82) is 0 Å². The first-order valence-electron chi connectivity index (χ1n) is 7.02. The molecule has 5 heteroatoms. The molecule has 112 valence electrons. The molecule has 0 fully saturated rings. The van der Waals surface area contributed by atoms with Crippen molar-refractivity contribution in [1.82, 2.24) is 15.3 Å². The Balaban J connectivity index is 2.06. The SMILES string of the molecule is COc1ccc(N(C)c2cnc(CNC(C)C)cn2)cc1. The van der Waals surface area contributed by atoms with E-state index < -0.39 is 0 Å². The van der Waals surface area contributed by atoms with Crippen molar-refractivity contribution in [2.24, 2.45) is 0 Å². The number of nitrogens with one attached hydrogen (secondary N) is 1. The summed E-state index contributed by atoms with van der Waals surface area (Å²) in [4.78, 5) is 10.9. The van der Waals surface area contributed by atoms with Crippen molar-refractivity contribution in [3.8, 4) is 5.75 Å². The molecule has 1 N–H and O–H groups in total. The van der Waals surface area contributed by atoms with E-state index in [4.69, 9.17) is 4.74 Å². The van der Waals surface area contributed by atoms with Crippen molar-refractivity contribution in [2.75, 3.05) is 19.1 Å². The van der Waals surface area contributed by atoms with Crippen LogP contribution >= 0.6 is 0 Å². The minimum atomic E-state index is 0.438. The third-order valence-corrected chi connectivity index (χ3v) is 3.19. The van der Waals surface area contributed by atoms with Crippen molar-refractivity contribution < 1.29 is 4.74 Å². The Kier molecular flexibility index (Phi) is 5.11. The van der Waals surface area contributed by atoms with Gasteiger partial charge in [0.2, 0.25) is 0 Å². The summed E-state index contributed by atoms with van der Waals surface area (Å²) in [6.45, 7) is 4.95. The Labute approximate surface area is 126 Å². The van der Waals surface area contributed by atoms with Crippen LogP contribution in [0.2, 0.25) is 0 Å². The molecule has 0 atom stereocenters. The normalized spacial score (nSPS) is 10.7. The Morgan fingerprint density at radius 2 is 1.86 bits per heavy atom. The summed E-state index contributed by atoms with van der Waals surface area (Å²) in [5.41, 5.74) is 1.98. The van der Waals surface area contributed by atoms with E-state index in [9.17, 15) is 0 Å². The van der Waals surface area contributed by atoms with Crippen LogP contribution in [0.25, 0.3) is 0 Å². The predicted octanol–water partition coefficient (Wildman–Crippen LogP) is 2.75. The summed E-state index contributed by atoms with van der Waals surface area (Å²) in [5.74, 6) is 1.65. The van der Waals surface area contributed by atoms with Gasteiger partial charge in [0, 0.05) is 25.3 Å². The van der Waals surface area contributed by atoms with Gasteiger partial charge in [0.05, 0.1) is 25.2 Å². The van der Waals surface area contributed by atoms with E-state index in [0.717, 1.165) is 29.5 Å². The van der Waals surface area contributed by atoms with Gasteiger partial charge in [-0.15, -0.1) is 0 Å². The van der Waals surface area contributed by atoms with Gasteiger partial charge < -0.3 is 15.0 Å². The largest absolute Gasteiger partial charge is 0.497 e. The Morgan fingerprint density at radius 3 is 2.38 bits per heavy atom. The maximum Gasteiger partial charge on any atom is 0.151 e. The minimum absolute atomic E-state index is 0.438. The first-order valence-corrected chi connectivity index (χ1v) is 7.02. The van der Waals surface area contributed by atoms with Crippen LogP contribution in [0.3, 0.4) is 0 Å². The van der Waals surface area contributed by atoms with E-state index in [2.05, 4.69) is 29.1 Å². The Morgan fingerprint density at radius 1 is 1.14 bits per heavy atom. The van der Waals surface area contributed by atoms with Crippen molar-refractivity contribution in [3.05, 3.63) is 42.4 Å². The first-order chi connectivity index (χ1) is 10.1. The molecule has 2 aromatic rings. The van der Waals surface area contributed by atoms with E-state index in [1.54, 1.807) is 13.3 Å². The van der Waals surface area contributed by atoms with E-state index in [0.29, 0.717) is 6.04 Å². The molecule has 0 saturated carbocycles. The number of aromatic nitrogens is 2. The topological polar surface area (TPSA) is 50.3 Å². The second kappa shape index (κ2) is 7.04. The molecule has 0 aliphatic carbocycles. The minimum Gasteiger partial charge on any atom is -0.497 e. The van der Waals surface area contributed by atoms with Crippen LogP contribution in [-0.2, 0) is 6.54 Å². The fourth-order valence-corrected chi connectivity index (χ4v) is 1.86. The monoisotopic (exact) mass is 286 g/mol. The highest BCUT2D eigenvalue weighted by Crippen LogP contribution is 2.23. The third kappa shape index (κ3) is 4.16. The molecule has 5 nitrogen and oxygen atoms in total. The lowest BCUT2D eigenvalue weighted by Gasteiger charge is -2.18. The fraction of sp³-hybridized carbons (Fsp3) is 0.375. The summed E-state index contributed by atoms with van der Waals surface area (Å²) in [7, 11) is 3.63. The average molecular weight is 286 g/mol. The molecule has 0 aliphatic heterocycles. The number of hydrogen-bond acceptors (Lipinski definition) is 5. The Bertz CT molecular complexity index is 551. The second-order valence-corrected chi connectivity index (χ2v) is 5.16. The first kappa shape index (κ1) is 15.3. The molecule has 0 bridgehead atoms. The van der Waals surface area contributed by atoms with Crippen LogP contribution in [0, 0.1) is 0 Å². The maximum absolute atomic E-state index is 5.16. The van der Waals surface area contributed by atoms with Crippen LogP contribution in [0.15, 0.2) is 36.7 Å². The molecule has 21 heavy (non-hydrogen) atoms. The number of nitrogens with zero attached hydrogens (tertiary/aromatic N) is 3. The van der Waals surface area contributed by atoms with Gasteiger partial charge in [0.15, 0.2) is 5.82 Å². The van der Waals surface area contributed by atoms with Gasteiger partial charge in [-0.25, -0.2) is 4.98 Å². The zero-order valence-corrected chi connectivity index (χ0v) is 13.0. The molecule has 0 saturated heterocycles. The second-order valence-electron chi connectivity index (χ2n) is 5.16. The number of hydrogen-bond donors (Lipinski definition) is 1. The lowest BCUT2D eigenvalue weighted by molar-refractivity contribution is 0.415. The molecule has 0 unspecified atom stereocenters. The number of methoxy groups -OCH3 is 1. The molecular weight excluding hydrogens is 264 g/mol. The number of ether oxygens (including phenoxy) is 1. The molecule has 0 radical (unpaired) electrons. The van der Waals surface area contributed by atoms with Gasteiger partial charge in [-0.3, -0.25) is 4.98 Å². The molecule has 0 aliphatic rings. The van der Waals surface area contributed by atoms with Gasteiger partial charge in [0.25, 0.3) is 0 Å². The molecule has 1 aromatic heterocycles. The highest BCUT2D eigenvalue weighted by molar-refractivity contribution is 5.59. The zero-order chi connectivity index (χ0) is 15.2. The van der Waals surface area contributed by atoms with Gasteiger partial charge in [0.1, 0.15) is 5.75 Å². The summed E-state index contributed by atoms with van der Waals surface area (Å²) in [6, 6.07) is 8.29. The third-order valence-electron chi connectivity index (χ3n) is 3.19. The molecule has 0 spiro atoms. The quantitative estimate of drug-likeness (QED) is 0.885. The highest BCUT2D eigenvalue weighted by atomic mass is 16.5. The van der Waals surface area contributed by atoms with Gasteiger partial charge in [-0.2, -0.15) is 0 Å². The van der Waals surface area contributed by atoms with Crippen LogP contribution < -0.4 is 15.0 Å². The van der Waals surface area contributed by atoms with Crippen LogP contribution in [0.5, 0.6) is 5.75 Å². The Hall–Kier alpha value is -2.14. The van der Waals surface area contributed by atoms with E-state index in [1.165, 1.54) is 0 Å². The lowest BCUT2D eigenvalue weighted by Crippen LogP contribution is -2.22. The van der Waals surface area contributed by atoms with Crippen LogP contribution in [0.4, 0.5) is 11.5 Å². The van der Waals surface area contributed by atoms with E-state index in [1.807, 2.05) is 42.4 Å². The highest BCUT2D eigenvalue weighted by Gasteiger charge is 2.06. The number of benzene rings is 1. The summed E-state index contributed by atoms with van der Waals surface area (Å²) >= 11 is 0. The summed E-state index contributed by atoms with van der Waals surface area (Å²) < 4.78 is 5.16. The fourth-order valence-electron chi connectivity index (χ4n) is 1.86. The maximum atomic E-state index is 5.16. The van der Waals surface area contributed by atoms with Crippen molar-refractivity contribution in [3.63, 3.8) is 0 Å². The molecule has 1 aromatic carbocycles. The van der Waals surface area contributed by atoms with Gasteiger partial charge in [-0.1, -0.05) is 13.8 Å². The molecule has 1 heterocycles. The molecule has 2 rings (SSSR count). The van der Waals surface area contributed by atoms with E-state index in [-0.39, 0.29) is 0 Å². The van der Waals surface area contributed by atoms with Gasteiger partial charge in [-0.05, 0) is 24.3 Å². The standard InChI is InChI=1S/C16H22N4O/c1-12(2)17-9-13-10-19-16(11-18-13)20(3)14-5-7-15(21-4)8-6-14/h5-8,10-12,17H,9H2,1-4H3. The van der Waals surface area contributed by atoms with Crippen molar-refractivity contribution >= 4 is 11.5 Å². The smallest absolute Gasteiger partial charge is 0.151 e. The number of anilines is 2. The zero-order valence-electron chi connectivity index (χ0n) is 13.0. The summed E-state index contributed by atoms with van der Waals surface area (Å²) in [5, 5.41) is 3.32. The summed E-state index contributed by atoms with van der Waals surface area (Å²) in [6.07, 6.45) is 3.60. The predicted molar refractivity (Wildman–Crippen MR) is 85.1 cm³/mol. The van der Waals surface area contributed by atoms with Gasteiger partial charge >= 0.3 is 0 Å². The average Bonchev–Trinajstić information content (AvgIpc) is 2.53. The number of rotatable bonds is 6. The van der Waals surface area contributed by atoms with Crippen LogP contribution in [-0.4, -0.2) is 30.2 Å². The van der Waals surface area contributed by atoms with Crippen LogP contribution in [0.1, 0.15) is 19.5 Å². The molecule has 0 amide bonds.